The second-order valence-corrected chi connectivity index (χ2v) is 4.93. The van der Waals surface area contributed by atoms with Crippen LogP contribution >= 0.6 is 0 Å². The number of benzene rings is 1. The number of rotatable bonds is 3. The van der Waals surface area contributed by atoms with E-state index in [4.69, 9.17) is 9.29 Å². The Morgan fingerprint density at radius 2 is 1.93 bits per heavy atom. The van der Waals surface area contributed by atoms with Gasteiger partial charge in [-0.2, -0.15) is 8.42 Å². The van der Waals surface area contributed by atoms with Crippen molar-refractivity contribution in [2.24, 2.45) is 0 Å². The smallest absolute Gasteiger partial charge is 0.298 e. The zero-order valence-electron chi connectivity index (χ0n) is 8.89. The minimum atomic E-state index is -4.21. The third kappa shape index (κ3) is 2.70. The molecule has 0 fully saturated rings. The van der Waals surface area contributed by atoms with Crippen molar-refractivity contribution in [3.05, 3.63) is 23.8 Å². The quantitative estimate of drug-likeness (QED) is 0.807. The van der Waals surface area contributed by atoms with Gasteiger partial charge < -0.3 is 4.74 Å². The third-order valence-corrected chi connectivity index (χ3v) is 3.03. The van der Waals surface area contributed by atoms with Gasteiger partial charge in [-0.05, 0) is 23.6 Å². The second-order valence-electron chi connectivity index (χ2n) is 3.54. The molecule has 0 atom stereocenters. The van der Waals surface area contributed by atoms with Crippen LogP contribution in [0.25, 0.3) is 0 Å². The van der Waals surface area contributed by atoms with Crippen LogP contribution in [0.3, 0.4) is 0 Å². The zero-order valence-corrected chi connectivity index (χ0v) is 9.71. The van der Waals surface area contributed by atoms with Crippen LogP contribution in [0.15, 0.2) is 23.1 Å². The Labute approximate surface area is 89.6 Å². The molecule has 0 spiro atoms. The van der Waals surface area contributed by atoms with Crippen molar-refractivity contribution in [2.75, 3.05) is 7.11 Å². The maximum Gasteiger partial charge on any atom is 0.298 e. The van der Waals surface area contributed by atoms with Gasteiger partial charge in [-0.15, -0.1) is 0 Å². The van der Waals surface area contributed by atoms with Crippen molar-refractivity contribution in [1.29, 1.82) is 0 Å². The van der Waals surface area contributed by atoms with Crippen LogP contribution in [0.5, 0.6) is 5.75 Å². The van der Waals surface area contributed by atoms with E-state index in [1.165, 1.54) is 13.2 Å². The topological polar surface area (TPSA) is 63.6 Å². The van der Waals surface area contributed by atoms with Gasteiger partial charge in [0, 0.05) is 0 Å². The predicted octanol–water partition coefficient (Wildman–Crippen LogP) is 2.07. The molecule has 4 nitrogen and oxygen atoms in total. The summed E-state index contributed by atoms with van der Waals surface area (Å²) in [6, 6.07) is 4.63. The molecule has 1 rings (SSSR count). The van der Waals surface area contributed by atoms with E-state index < -0.39 is 10.1 Å². The first-order valence-corrected chi connectivity index (χ1v) is 5.95. The average Bonchev–Trinajstić information content (AvgIpc) is 2.15. The Hall–Kier alpha value is -1.07. The van der Waals surface area contributed by atoms with Crippen molar-refractivity contribution in [3.8, 4) is 5.75 Å². The van der Waals surface area contributed by atoms with Crippen molar-refractivity contribution >= 4 is 10.1 Å². The largest absolute Gasteiger partial charge is 0.495 e. The van der Waals surface area contributed by atoms with Gasteiger partial charge in [0.1, 0.15) is 10.6 Å². The Morgan fingerprint density at radius 1 is 1.33 bits per heavy atom. The Morgan fingerprint density at radius 3 is 2.33 bits per heavy atom. The van der Waals surface area contributed by atoms with Gasteiger partial charge in [-0.1, -0.05) is 19.9 Å². The number of hydrogen-bond donors (Lipinski definition) is 1. The Bertz CT molecular complexity index is 448. The molecule has 0 unspecified atom stereocenters. The number of ether oxygens (including phenoxy) is 1. The zero-order chi connectivity index (χ0) is 11.6. The molecule has 0 saturated heterocycles. The minimum absolute atomic E-state index is 0.170. The van der Waals surface area contributed by atoms with Crippen LogP contribution < -0.4 is 4.74 Å². The van der Waals surface area contributed by atoms with Crippen LogP contribution in [0, 0.1) is 0 Å². The summed E-state index contributed by atoms with van der Waals surface area (Å²) in [6.07, 6.45) is 0. The molecule has 0 amide bonds. The van der Waals surface area contributed by atoms with Gasteiger partial charge in [0.05, 0.1) is 7.11 Å². The van der Waals surface area contributed by atoms with Gasteiger partial charge in [-0.25, -0.2) is 0 Å². The van der Waals surface area contributed by atoms with E-state index in [-0.39, 0.29) is 16.6 Å². The molecule has 0 aliphatic rings. The number of hydrogen-bond acceptors (Lipinski definition) is 3. The molecular formula is C10H14O4S. The predicted molar refractivity (Wildman–Crippen MR) is 56.9 cm³/mol. The van der Waals surface area contributed by atoms with Gasteiger partial charge in [-0.3, -0.25) is 4.55 Å². The van der Waals surface area contributed by atoms with Crippen LogP contribution in [-0.2, 0) is 10.1 Å². The fourth-order valence-electron chi connectivity index (χ4n) is 1.26. The summed E-state index contributed by atoms with van der Waals surface area (Å²) in [6.45, 7) is 3.98. The normalized spacial score (nSPS) is 11.8. The van der Waals surface area contributed by atoms with Crippen molar-refractivity contribution in [2.45, 2.75) is 24.7 Å². The highest BCUT2D eigenvalue weighted by Crippen LogP contribution is 2.27. The summed E-state index contributed by atoms with van der Waals surface area (Å²) in [5.74, 6) is 0.443. The fourth-order valence-corrected chi connectivity index (χ4v) is 1.89. The molecule has 5 heteroatoms. The molecule has 0 aliphatic carbocycles. The average molecular weight is 230 g/mol. The maximum atomic E-state index is 11.0. The van der Waals surface area contributed by atoms with Gasteiger partial charge >= 0.3 is 0 Å². The van der Waals surface area contributed by atoms with E-state index in [1.54, 1.807) is 12.1 Å². The van der Waals surface area contributed by atoms with Crippen LogP contribution in [-0.4, -0.2) is 20.1 Å². The summed E-state index contributed by atoms with van der Waals surface area (Å²) < 4.78 is 35.8. The van der Waals surface area contributed by atoms with E-state index in [1.807, 2.05) is 13.8 Å². The van der Waals surface area contributed by atoms with Crippen LogP contribution in [0.4, 0.5) is 0 Å². The fraction of sp³-hybridized carbons (Fsp3) is 0.400. The molecule has 84 valence electrons. The SMILES string of the molecule is COc1cc(C(C)C)ccc1S(=O)(=O)O. The first-order valence-electron chi connectivity index (χ1n) is 4.51. The molecule has 0 radical (unpaired) electrons. The van der Waals surface area contributed by atoms with E-state index in [9.17, 15) is 8.42 Å². The highest BCUT2D eigenvalue weighted by atomic mass is 32.2. The highest BCUT2D eigenvalue weighted by Gasteiger charge is 2.17. The summed E-state index contributed by atoms with van der Waals surface area (Å²) in [5.41, 5.74) is 0.958. The van der Waals surface area contributed by atoms with E-state index in [0.717, 1.165) is 5.56 Å². The molecule has 1 aromatic carbocycles. The highest BCUT2D eigenvalue weighted by molar-refractivity contribution is 7.86. The summed E-state index contributed by atoms with van der Waals surface area (Å²) in [7, 11) is -2.84. The second kappa shape index (κ2) is 4.20. The first-order chi connectivity index (χ1) is 6.86. The van der Waals surface area contributed by atoms with E-state index in [2.05, 4.69) is 0 Å². The van der Waals surface area contributed by atoms with Gasteiger partial charge in [0.25, 0.3) is 10.1 Å². The molecule has 1 N–H and O–H groups in total. The number of methoxy groups -OCH3 is 1. The molecular weight excluding hydrogens is 216 g/mol. The van der Waals surface area contributed by atoms with Crippen molar-refractivity contribution in [1.82, 2.24) is 0 Å². The summed E-state index contributed by atoms with van der Waals surface area (Å²) in [4.78, 5) is -0.200. The molecule has 0 aliphatic heterocycles. The minimum Gasteiger partial charge on any atom is -0.495 e. The molecule has 0 heterocycles. The lowest BCUT2D eigenvalue weighted by Crippen LogP contribution is -2.02. The van der Waals surface area contributed by atoms with Crippen molar-refractivity contribution < 1.29 is 17.7 Å². The molecule has 0 bridgehead atoms. The van der Waals surface area contributed by atoms with Gasteiger partial charge in [0.15, 0.2) is 0 Å². The molecule has 1 aromatic rings. The first kappa shape index (κ1) is 12.0. The van der Waals surface area contributed by atoms with Crippen LogP contribution in [0.2, 0.25) is 0 Å². The van der Waals surface area contributed by atoms with E-state index >= 15 is 0 Å². The lowest BCUT2D eigenvalue weighted by molar-refractivity contribution is 0.396. The maximum absolute atomic E-state index is 11.0. The monoisotopic (exact) mass is 230 g/mol. The Balaban J connectivity index is 3.34. The lowest BCUT2D eigenvalue weighted by Gasteiger charge is -2.10. The lowest BCUT2D eigenvalue weighted by atomic mass is 10.0. The molecule has 15 heavy (non-hydrogen) atoms. The Kier molecular flexibility index (Phi) is 3.36. The van der Waals surface area contributed by atoms with Crippen LogP contribution in [0.1, 0.15) is 25.3 Å². The molecule has 0 saturated carbocycles. The summed E-state index contributed by atoms with van der Waals surface area (Å²) >= 11 is 0. The van der Waals surface area contributed by atoms with Gasteiger partial charge in [0.2, 0.25) is 0 Å². The van der Waals surface area contributed by atoms with E-state index in [0.29, 0.717) is 0 Å². The third-order valence-electron chi connectivity index (χ3n) is 2.13. The molecule has 0 aromatic heterocycles. The van der Waals surface area contributed by atoms with Crippen molar-refractivity contribution in [3.63, 3.8) is 0 Å². The standard InChI is InChI=1S/C10H14O4S/c1-7(2)8-4-5-10(15(11,12)13)9(6-8)14-3/h4-7H,1-3H3,(H,11,12,13). The summed E-state index contributed by atoms with van der Waals surface area (Å²) in [5, 5.41) is 0.